The number of rotatable bonds is 8. The second-order valence-electron chi connectivity index (χ2n) is 7.91. The summed E-state index contributed by atoms with van der Waals surface area (Å²) in [7, 11) is 4.83. The number of nitrogens with zero attached hydrogens (tertiary/aromatic N) is 2. The Bertz CT molecular complexity index is 830. The van der Waals surface area contributed by atoms with Crippen LogP contribution in [0, 0.1) is 5.92 Å². The van der Waals surface area contributed by atoms with Gasteiger partial charge >= 0.3 is 0 Å². The molecule has 0 spiro atoms. The first-order valence-electron chi connectivity index (χ1n) is 10.7. The number of piperidine rings is 1. The summed E-state index contributed by atoms with van der Waals surface area (Å²) < 4.78 is 10.5. The number of hydrogen-bond acceptors (Lipinski definition) is 6. The fraction of sp³-hybridized carbons (Fsp3) is 0.522. The van der Waals surface area contributed by atoms with E-state index in [-0.39, 0.29) is 29.7 Å². The Balaban J connectivity index is 0.00000363. The zero-order valence-electron chi connectivity index (χ0n) is 19.3. The van der Waals surface area contributed by atoms with Gasteiger partial charge in [-0.3, -0.25) is 9.89 Å². The molecule has 7 nitrogen and oxygen atoms in total. The molecule has 3 rings (SSSR count). The van der Waals surface area contributed by atoms with Gasteiger partial charge in [-0.2, -0.15) is 0 Å². The van der Waals surface area contributed by atoms with E-state index < -0.39 is 0 Å². The molecule has 0 bridgehead atoms. The van der Waals surface area contributed by atoms with Crippen LogP contribution in [-0.2, 0) is 6.54 Å². The number of likely N-dealkylation sites (tertiary alicyclic amines) is 1. The maximum Gasteiger partial charge on any atom is 0.200 e. The molecule has 1 aliphatic heterocycles. The number of halogens is 1. The van der Waals surface area contributed by atoms with Crippen LogP contribution >= 0.6 is 35.3 Å². The van der Waals surface area contributed by atoms with Gasteiger partial charge in [-0.05, 0) is 61.0 Å². The molecule has 178 valence electrons. The minimum absolute atomic E-state index is 0. The summed E-state index contributed by atoms with van der Waals surface area (Å²) in [5.74, 6) is 2.32. The third kappa shape index (κ3) is 6.89. The second kappa shape index (κ2) is 13.1. The summed E-state index contributed by atoms with van der Waals surface area (Å²) in [6, 6.07) is 8.27. The number of nitrogens with one attached hydrogen (secondary N) is 2. The smallest absolute Gasteiger partial charge is 0.200 e. The van der Waals surface area contributed by atoms with Gasteiger partial charge < -0.3 is 25.2 Å². The highest BCUT2D eigenvalue weighted by atomic mass is 127. The number of ether oxygens (including phenoxy) is 2. The molecule has 1 aromatic heterocycles. The molecule has 0 radical (unpaired) electrons. The molecule has 0 aliphatic carbocycles. The molecular weight excluding hydrogens is 539 g/mol. The highest BCUT2D eigenvalue weighted by Gasteiger charge is 2.25. The Morgan fingerprint density at radius 1 is 1.22 bits per heavy atom. The number of phenolic OH excluding ortho intramolecular Hbond substituents is 1. The SMILES string of the molecule is CN=C(NCc1cc(OC)c(O)c(OC)c1)NCC(c1cccs1)N1CCC(C)CC1.I. The van der Waals surface area contributed by atoms with Crippen molar-refractivity contribution in [2.24, 2.45) is 10.9 Å². The van der Waals surface area contributed by atoms with Gasteiger partial charge in [0.2, 0.25) is 5.75 Å². The van der Waals surface area contributed by atoms with Gasteiger partial charge in [0.15, 0.2) is 17.5 Å². The lowest BCUT2D eigenvalue weighted by atomic mass is 9.97. The van der Waals surface area contributed by atoms with E-state index in [0.717, 1.165) is 37.1 Å². The van der Waals surface area contributed by atoms with E-state index in [1.807, 2.05) is 11.3 Å². The highest BCUT2D eigenvalue weighted by molar-refractivity contribution is 14.0. The van der Waals surface area contributed by atoms with Gasteiger partial charge in [0.25, 0.3) is 0 Å². The van der Waals surface area contributed by atoms with E-state index in [1.54, 1.807) is 19.2 Å². The largest absolute Gasteiger partial charge is 0.502 e. The van der Waals surface area contributed by atoms with Crippen molar-refractivity contribution < 1.29 is 14.6 Å². The molecule has 32 heavy (non-hydrogen) atoms. The minimum atomic E-state index is 0. The molecule has 1 aromatic carbocycles. The number of benzene rings is 1. The number of hydrogen-bond donors (Lipinski definition) is 3. The van der Waals surface area contributed by atoms with Crippen molar-refractivity contribution in [3.8, 4) is 17.2 Å². The van der Waals surface area contributed by atoms with E-state index >= 15 is 0 Å². The van der Waals surface area contributed by atoms with Crippen LogP contribution in [0.4, 0.5) is 0 Å². The number of phenols is 1. The van der Waals surface area contributed by atoms with E-state index in [9.17, 15) is 5.11 Å². The summed E-state index contributed by atoms with van der Waals surface area (Å²) in [6.07, 6.45) is 2.50. The minimum Gasteiger partial charge on any atom is -0.502 e. The average Bonchev–Trinajstić information content (AvgIpc) is 3.32. The summed E-state index contributed by atoms with van der Waals surface area (Å²) >= 11 is 1.81. The quantitative estimate of drug-likeness (QED) is 0.249. The molecule has 1 unspecified atom stereocenters. The van der Waals surface area contributed by atoms with Crippen LogP contribution in [0.25, 0.3) is 0 Å². The fourth-order valence-electron chi connectivity index (χ4n) is 3.88. The first-order chi connectivity index (χ1) is 15.0. The van der Waals surface area contributed by atoms with Crippen molar-refractivity contribution in [3.05, 3.63) is 40.1 Å². The zero-order valence-corrected chi connectivity index (χ0v) is 22.4. The highest BCUT2D eigenvalue weighted by Crippen LogP contribution is 2.37. The van der Waals surface area contributed by atoms with Crippen LogP contribution in [0.5, 0.6) is 17.2 Å². The standard InChI is InChI=1S/C23H34N4O3S.HI/c1-16-7-9-27(10-8-16)18(21-6-5-11-31-21)15-26-23(24-2)25-14-17-12-19(29-3)22(28)20(13-17)30-4;/h5-6,11-13,16,18,28H,7-10,14-15H2,1-4H3,(H2,24,25,26);1H. The number of aromatic hydroxyl groups is 1. The Kier molecular flexibility index (Phi) is 10.9. The van der Waals surface area contributed by atoms with Crippen molar-refractivity contribution in [1.29, 1.82) is 0 Å². The third-order valence-corrected chi connectivity index (χ3v) is 6.79. The molecule has 0 amide bonds. The van der Waals surface area contributed by atoms with Crippen molar-refractivity contribution in [1.82, 2.24) is 15.5 Å². The van der Waals surface area contributed by atoms with E-state index in [4.69, 9.17) is 9.47 Å². The van der Waals surface area contributed by atoms with Gasteiger partial charge in [-0.25, -0.2) is 0 Å². The van der Waals surface area contributed by atoms with E-state index in [0.29, 0.717) is 24.1 Å². The summed E-state index contributed by atoms with van der Waals surface area (Å²) in [4.78, 5) is 8.35. The van der Waals surface area contributed by atoms with E-state index in [2.05, 4.69) is 45.0 Å². The lowest BCUT2D eigenvalue weighted by Gasteiger charge is -2.36. The predicted octanol–water partition coefficient (Wildman–Crippen LogP) is 4.23. The summed E-state index contributed by atoms with van der Waals surface area (Å²) in [6.45, 7) is 5.91. The average molecular weight is 575 g/mol. The molecule has 1 atom stereocenters. The van der Waals surface area contributed by atoms with Crippen molar-refractivity contribution >= 4 is 41.3 Å². The number of thiophene rings is 1. The first-order valence-corrected chi connectivity index (χ1v) is 11.6. The number of aliphatic imine (C=N–C) groups is 1. The molecule has 3 N–H and O–H groups in total. The van der Waals surface area contributed by atoms with Crippen molar-refractivity contribution in [2.75, 3.05) is 40.9 Å². The van der Waals surface area contributed by atoms with Gasteiger partial charge in [0.1, 0.15) is 0 Å². The summed E-state index contributed by atoms with van der Waals surface area (Å²) in [5.41, 5.74) is 0.925. The second-order valence-corrected chi connectivity index (χ2v) is 8.88. The lowest BCUT2D eigenvalue weighted by molar-refractivity contribution is 0.140. The molecule has 1 saturated heterocycles. The predicted molar refractivity (Wildman–Crippen MR) is 142 cm³/mol. The van der Waals surface area contributed by atoms with Crippen molar-refractivity contribution in [3.63, 3.8) is 0 Å². The van der Waals surface area contributed by atoms with E-state index in [1.165, 1.54) is 31.9 Å². The van der Waals surface area contributed by atoms with Gasteiger partial charge in [-0.1, -0.05) is 13.0 Å². The van der Waals surface area contributed by atoms with Crippen LogP contribution in [0.3, 0.4) is 0 Å². The van der Waals surface area contributed by atoms with Crippen molar-refractivity contribution in [2.45, 2.75) is 32.4 Å². The van der Waals surface area contributed by atoms with Gasteiger partial charge in [0.05, 0.1) is 20.3 Å². The molecule has 0 saturated carbocycles. The maximum absolute atomic E-state index is 10.1. The summed E-state index contributed by atoms with van der Waals surface area (Å²) in [5, 5.41) is 19.1. The van der Waals surface area contributed by atoms with Crippen LogP contribution in [0.15, 0.2) is 34.6 Å². The van der Waals surface area contributed by atoms with Crippen LogP contribution in [-0.4, -0.2) is 56.9 Å². The Morgan fingerprint density at radius 3 is 2.41 bits per heavy atom. The van der Waals surface area contributed by atoms with Crippen LogP contribution in [0.2, 0.25) is 0 Å². The lowest BCUT2D eigenvalue weighted by Crippen LogP contribution is -2.44. The normalized spacial score (nSPS) is 16.2. The Hall–Kier alpha value is -1.72. The van der Waals surface area contributed by atoms with Gasteiger partial charge in [0, 0.05) is 25.0 Å². The Morgan fingerprint density at radius 2 is 1.88 bits per heavy atom. The molecule has 2 heterocycles. The molecular formula is C23H35IN4O3S. The third-order valence-electron chi connectivity index (χ3n) is 5.82. The maximum atomic E-state index is 10.1. The molecule has 9 heteroatoms. The number of methoxy groups -OCH3 is 2. The molecule has 2 aromatic rings. The Labute approximate surface area is 212 Å². The molecule has 1 aliphatic rings. The fourth-order valence-corrected chi connectivity index (χ4v) is 4.74. The van der Waals surface area contributed by atoms with Gasteiger partial charge in [-0.15, -0.1) is 35.3 Å². The monoisotopic (exact) mass is 574 g/mol. The molecule has 1 fully saturated rings. The first kappa shape index (κ1) is 26.5. The van der Waals surface area contributed by atoms with Crippen LogP contribution < -0.4 is 20.1 Å². The van der Waals surface area contributed by atoms with Crippen LogP contribution in [0.1, 0.15) is 36.2 Å². The topological polar surface area (TPSA) is 78.4 Å². The number of guanidine groups is 1. The zero-order chi connectivity index (χ0) is 22.2.